The molecule has 0 N–H and O–H groups in total. The minimum atomic E-state index is -1.96. The summed E-state index contributed by atoms with van der Waals surface area (Å²) in [6, 6.07) is 49.8. The Morgan fingerprint density at radius 1 is 0.263 bits per heavy atom. The van der Waals surface area contributed by atoms with Gasteiger partial charge in [-0.1, -0.05) is 172 Å². The summed E-state index contributed by atoms with van der Waals surface area (Å²) in [5, 5.41) is 18.7. The van der Waals surface area contributed by atoms with Crippen LogP contribution in [0.1, 0.15) is 0 Å². The summed E-state index contributed by atoms with van der Waals surface area (Å²) in [6.45, 7) is 10.9. The minimum Gasteiger partial charge on any atom is -0.153 e. The first kappa shape index (κ1) is 42.4. The Morgan fingerprint density at radius 2 is 0.421 bits per heavy atom. The summed E-state index contributed by atoms with van der Waals surface area (Å²) >= 11 is 16.3. The zero-order valence-electron chi connectivity index (χ0n) is 33.3. The predicted molar refractivity (Wildman–Crippen MR) is 282 cm³/mol. The van der Waals surface area contributed by atoms with Gasteiger partial charge in [0.2, 0.25) is 0 Å². The average Bonchev–Trinajstić information content (AvgIpc) is 4.11. The van der Waals surface area contributed by atoms with Gasteiger partial charge in [0.25, 0.3) is 0 Å². The van der Waals surface area contributed by atoms with E-state index >= 15 is 0 Å². The van der Waals surface area contributed by atoms with Gasteiger partial charge in [0.1, 0.15) is 32.3 Å². The molecule has 0 spiro atoms. The highest BCUT2D eigenvalue weighted by Gasteiger charge is 2.47. The molecule has 0 nitrogen and oxygen atoms in total. The molecule has 57 heavy (non-hydrogen) atoms. The molecular weight excluding hydrogens is 925 g/mol. The van der Waals surface area contributed by atoms with E-state index in [9.17, 15) is 0 Å². The molecule has 0 bridgehead atoms. The molecule has 0 radical (unpaired) electrons. The Kier molecular flexibility index (Phi) is 13.6. The monoisotopic (exact) mass is 976 g/mol. The molecule has 0 unspecified atom stereocenters. The number of thiophene rings is 8. The predicted octanol–water partition coefficient (Wildman–Crippen LogP) is 11.5. The zero-order valence-corrected chi connectivity index (χ0v) is 44.8. The van der Waals surface area contributed by atoms with Crippen LogP contribution in [0.2, 0.25) is 74.5 Å². The second kappa shape index (κ2) is 18.3. The van der Waals surface area contributed by atoms with Crippen molar-refractivity contribution in [3.05, 3.63) is 140 Å². The van der Waals surface area contributed by atoms with Crippen molar-refractivity contribution in [3.63, 3.8) is 0 Å². The van der Waals surface area contributed by atoms with E-state index in [0.717, 1.165) is 0 Å². The lowest BCUT2D eigenvalue weighted by Gasteiger charge is -2.41. The third-order valence-corrected chi connectivity index (χ3v) is 54.5. The molecule has 0 aliphatic heterocycles. The highest BCUT2D eigenvalue weighted by Crippen LogP contribution is 2.41. The molecule has 8 heterocycles. The van der Waals surface area contributed by atoms with E-state index in [1.807, 2.05) is 90.7 Å². The fourth-order valence-electron chi connectivity index (χ4n) is 9.02. The highest BCUT2D eigenvalue weighted by molar-refractivity contribution is 7.38. The van der Waals surface area contributed by atoms with Crippen molar-refractivity contribution in [3.8, 4) is 0 Å². The molecule has 13 heteroatoms. The molecule has 8 rings (SSSR count). The zero-order chi connectivity index (χ0) is 39.4. The molecule has 0 aliphatic carbocycles. The number of hydrogen-bond donors (Lipinski definition) is 0. The second-order valence-corrected chi connectivity index (χ2v) is 49.1. The highest BCUT2D eigenvalue weighted by atomic mass is 32.1. The molecule has 8 aromatic heterocycles. The van der Waals surface area contributed by atoms with Crippen molar-refractivity contribution in [2.45, 2.75) is 74.5 Å². The van der Waals surface area contributed by atoms with Gasteiger partial charge in [-0.3, -0.25) is 0 Å². The van der Waals surface area contributed by atoms with E-state index in [2.05, 4.69) is 166 Å². The minimum absolute atomic E-state index is 1.38. The van der Waals surface area contributed by atoms with E-state index in [1.165, 1.54) is 48.4 Å². The molecule has 0 aliphatic rings. The average molecular weight is 978 g/mol. The SMILES string of the molecule is C[Si](CC[Si](CC[Si](C)(c1cccs1)c1cccs1)(CC[Si](C)(c1cccs1)c1cccs1)CC[Si](C)(c1cccs1)c1cccs1)(c1cccs1)c1cccs1. The van der Waals surface area contributed by atoms with Crippen LogP contribution < -0.4 is 36.0 Å². The van der Waals surface area contributed by atoms with Crippen LogP contribution in [0.15, 0.2) is 140 Å². The number of rotatable bonds is 20. The largest absolute Gasteiger partial charge is 0.153 e. The molecule has 0 saturated carbocycles. The van der Waals surface area contributed by atoms with Gasteiger partial charge in [-0.15, -0.1) is 0 Å². The van der Waals surface area contributed by atoms with Crippen molar-refractivity contribution in [2.24, 2.45) is 0 Å². The van der Waals surface area contributed by atoms with E-state index in [1.54, 1.807) is 36.0 Å². The first-order valence-electron chi connectivity index (χ1n) is 20.0. The quantitative estimate of drug-likeness (QED) is 0.0668. The van der Waals surface area contributed by atoms with Gasteiger partial charge >= 0.3 is 0 Å². The third kappa shape index (κ3) is 8.89. The van der Waals surface area contributed by atoms with Gasteiger partial charge in [-0.05, 0) is 79.0 Å². The van der Waals surface area contributed by atoms with Gasteiger partial charge in [0, 0.05) is 0 Å². The van der Waals surface area contributed by atoms with Crippen molar-refractivity contribution >= 4 is 167 Å². The van der Waals surface area contributed by atoms with Crippen LogP contribution in [0.3, 0.4) is 0 Å². The van der Waals surface area contributed by atoms with Crippen molar-refractivity contribution < 1.29 is 0 Å². The van der Waals surface area contributed by atoms with Gasteiger partial charge in [0.05, 0.1) is 8.07 Å². The summed E-state index contributed by atoms with van der Waals surface area (Å²) in [5.74, 6) is 0. The second-order valence-electron chi connectivity index (χ2n) is 16.6. The summed E-state index contributed by atoms with van der Waals surface area (Å²) in [5.41, 5.74) is 0. The van der Waals surface area contributed by atoms with Gasteiger partial charge in [-0.2, -0.15) is 90.7 Å². The van der Waals surface area contributed by atoms with Gasteiger partial charge < -0.3 is 0 Å². The van der Waals surface area contributed by atoms with Gasteiger partial charge in [0.15, 0.2) is 0 Å². The van der Waals surface area contributed by atoms with Crippen LogP contribution in [-0.4, -0.2) is 40.4 Å². The van der Waals surface area contributed by atoms with Crippen LogP contribution in [0, 0.1) is 0 Å². The van der Waals surface area contributed by atoms with Crippen molar-refractivity contribution in [2.75, 3.05) is 0 Å². The standard InChI is InChI=1S/C44H52S8Si5/c1-53(37-13-5-21-45-37,38-14-6-22-46-38)29-33-57(34-30-54(2,39-15-7-23-47-39)40-16-8-24-48-40,35-31-55(3,41-17-9-25-49-41)42-18-10-26-50-42)36-32-56(4,43-19-11-27-51-43)44-20-12-28-52-44/h5-28H,29-36H2,1-4H3. The first-order chi connectivity index (χ1) is 27.7. The Balaban J connectivity index is 1.25. The Labute approximate surface area is 377 Å². The molecule has 0 amide bonds. The molecule has 0 saturated heterocycles. The lowest BCUT2D eigenvalue weighted by atomic mass is 10.7. The van der Waals surface area contributed by atoms with Crippen molar-refractivity contribution in [1.29, 1.82) is 0 Å². The normalized spacial score (nSPS) is 13.1. The fraction of sp³-hybridized carbons (Fsp3) is 0.273. The van der Waals surface area contributed by atoms with Crippen LogP contribution in [0.4, 0.5) is 0 Å². The number of hydrogen-bond acceptors (Lipinski definition) is 8. The Bertz CT molecular complexity index is 1830. The molecule has 8 aromatic rings. The van der Waals surface area contributed by atoms with Crippen LogP contribution >= 0.6 is 90.7 Å². The molecule has 0 fully saturated rings. The van der Waals surface area contributed by atoms with Crippen LogP contribution in [-0.2, 0) is 0 Å². The van der Waals surface area contributed by atoms with E-state index in [4.69, 9.17) is 0 Å². The first-order valence-corrected chi connectivity index (χ1v) is 40.7. The van der Waals surface area contributed by atoms with Crippen LogP contribution in [0.25, 0.3) is 0 Å². The molecule has 0 atom stereocenters. The van der Waals surface area contributed by atoms with Crippen molar-refractivity contribution in [1.82, 2.24) is 0 Å². The Hall–Kier alpha value is -1.32. The van der Waals surface area contributed by atoms with E-state index in [-0.39, 0.29) is 0 Å². The lowest BCUT2D eigenvalue weighted by molar-refractivity contribution is 1.08. The maximum absolute atomic E-state index is 2.73. The maximum atomic E-state index is 2.73. The lowest BCUT2D eigenvalue weighted by Crippen LogP contribution is -2.58. The van der Waals surface area contributed by atoms with Gasteiger partial charge in [-0.25, -0.2) is 0 Å². The molecular formula is C44H52S8Si5. The summed E-state index contributed by atoms with van der Waals surface area (Å²) in [7, 11) is -9.69. The van der Waals surface area contributed by atoms with E-state index in [0.29, 0.717) is 0 Å². The Morgan fingerprint density at radius 3 is 0.544 bits per heavy atom. The molecule has 0 aromatic carbocycles. The summed E-state index contributed by atoms with van der Waals surface area (Å²) in [6.07, 6.45) is 0. The molecule has 296 valence electrons. The topological polar surface area (TPSA) is 0 Å². The van der Waals surface area contributed by atoms with E-state index < -0.39 is 40.4 Å². The fourth-order valence-corrected chi connectivity index (χ4v) is 53.2. The maximum Gasteiger partial charge on any atom is 0.140 e. The smallest absolute Gasteiger partial charge is 0.140 e. The summed E-state index contributed by atoms with van der Waals surface area (Å²) in [4.78, 5) is 0. The summed E-state index contributed by atoms with van der Waals surface area (Å²) < 4.78 is 13.4. The van der Waals surface area contributed by atoms with Crippen LogP contribution in [0.5, 0.6) is 0 Å². The third-order valence-electron chi connectivity index (χ3n) is 13.1.